The van der Waals surface area contributed by atoms with Crippen molar-refractivity contribution in [3.63, 3.8) is 0 Å². The number of benzene rings is 2. The van der Waals surface area contributed by atoms with Gasteiger partial charge in [0.05, 0.1) is 0 Å². The molecule has 0 spiro atoms. The van der Waals surface area contributed by atoms with Crippen LogP contribution in [0.3, 0.4) is 0 Å². The Morgan fingerprint density at radius 3 is 2.50 bits per heavy atom. The summed E-state index contributed by atoms with van der Waals surface area (Å²) in [5.41, 5.74) is 8.48. The van der Waals surface area contributed by atoms with E-state index in [1.807, 2.05) is 38.1 Å². The van der Waals surface area contributed by atoms with E-state index in [0.29, 0.717) is 17.2 Å². The summed E-state index contributed by atoms with van der Waals surface area (Å²) in [5, 5.41) is 0. The van der Waals surface area contributed by atoms with E-state index in [-0.39, 0.29) is 6.61 Å². The van der Waals surface area contributed by atoms with Gasteiger partial charge in [-0.05, 0) is 49.7 Å². The van der Waals surface area contributed by atoms with Gasteiger partial charge < -0.3 is 14.9 Å². The summed E-state index contributed by atoms with van der Waals surface area (Å²) in [6, 6.07) is 14.6. The molecule has 0 unspecified atom stereocenters. The van der Waals surface area contributed by atoms with Crippen LogP contribution < -0.4 is 10.5 Å². The van der Waals surface area contributed by atoms with Crippen LogP contribution in [0.1, 0.15) is 27.4 Å². The van der Waals surface area contributed by atoms with Crippen molar-refractivity contribution < 1.29 is 13.9 Å². The molecule has 24 heavy (non-hydrogen) atoms. The molecule has 0 aliphatic carbocycles. The van der Waals surface area contributed by atoms with Gasteiger partial charge >= 0.3 is 0 Å². The maximum Gasteiger partial charge on any atom is 0.248 e. The van der Waals surface area contributed by atoms with Crippen LogP contribution in [-0.2, 0) is 6.61 Å². The normalized spacial score (nSPS) is 10.6. The maximum absolute atomic E-state index is 11.1. The molecule has 0 saturated heterocycles. The van der Waals surface area contributed by atoms with Crippen molar-refractivity contribution in [1.82, 2.24) is 4.98 Å². The lowest BCUT2D eigenvalue weighted by molar-refractivity contribution is 0.1000. The van der Waals surface area contributed by atoms with E-state index in [4.69, 9.17) is 14.9 Å². The minimum atomic E-state index is -0.461. The lowest BCUT2D eigenvalue weighted by Gasteiger charge is -2.04. The Kier molecular flexibility index (Phi) is 4.33. The van der Waals surface area contributed by atoms with Gasteiger partial charge in [0.25, 0.3) is 0 Å². The van der Waals surface area contributed by atoms with Crippen molar-refractivity contribution in [2.75, 3.05) is 0 Å². The monoisotopic (exact) mass is 322 g/mol. The van der Waals surface area contributed by atoms with E-state index in [0.717, 1.165) is 22.6 Å². The number of rotatable bonds is 5. The highest BCUT2D eigenvalue weighted by Gasteiger charge is 2.13. The van der Waals surface area contributed by atoms with Crippen molar-refractivity contribution in [3.05, 3.63) is 71.1 Å². The number of carbonyl (C=O) groups excluding carboxylic acids is 1. The fraction of sp³-hybridized carbons (Fsp3) is 0.158. The Labute approximate surface area is 140 Å². The molecule has 3 aromatic rings. The lowest BCUT2D eigenvalue weighted by Crippen LogP contribution is -2.10. The van der Waals surface area contributed by atoms with Crippen molar-refractivity contribution >= 4 is 5.91 Å². The van der Waals surface area contributed by atoms with Gasteiger partial charge in [-0.3, -0.25) is 4.79 Å². The molecule has 2 N–H and O–H groups in total. The molecule has 122 valence electrons. The summed E-state index contributed by atoms with van der Waals surface area (Å²) >= 11 is 0. The lowest BCUT2D eigenvalue weighted by atomic mass is 10.1. The predicted molar refractivity (Wildman–Crippen MR) is 90.7 cm³/mol. The number of hydrogen-bond donors (Lipinski definition) is 1. The molecule has 2 aromatic carbocycles. The molecular weight excluding hydrogens is 304 g/mol. The van der Waals surface area contributed by atoms with Crippen LogP contribution in [0.25, 0.3) is 11.5 Å². The summed E-state index contributed by atoms with van der Waals surface area (Å²) in [5.74, 6) is 1.49. The number of aromatic nitrogens is 1. The number of carbonyl (C=O) groups is 1. The minimum Gasteiger partial charge on any atom is -0.487 e. The fourth-order valence-electron chi connectivity index (χ4n) is 2.36. The first-order valence-corrected chi connectivity index (χ1v) is 7.59. The third-order valence-electron chi connectivity index (χ3n) is 3.78. The number of hydrogen-bond acceptors (Lipinski definition) is 4. The highest BCUT2D eigenvalue weighted by Crippen LogP contribution is 2.25. The van der Waals surface area contributed by atoms with Crippen LogP contribution in [0, 0.1) is 13.8 Å². The number of nitrogens with two attached hydrogens (primary N) is 1. The summed E-state index contributed by atoms with van der Waals surface area (Å²) in [6.45, 7) is 4.17. The fourth-order valence-corrected chi connectivity index (χ4v) is 2.36. The molecule has 1 heterocycles. The Morgan fingerprint density at radius 1 is 1.12 bits per heavy atom. The Bertz CT molecular complexity index is 867. The van der Waals surface area contributed by atoms with Crippen molar-refractivity contribution in [3.8, 4) is 17.2 Å². The van der Waals surface area contributed by atoms with Gasteiger partial charge in [0.1, 0.15) is 23.8 Å². The van der Waals surface area contributed by atoms with Gasteiger partial charge in [0, 0.05) is 11.1 Å². The number of primary amides is 1. The van der Waals surface area contributed by atoms with Crippen LogP contribution in [0.4, 0.5) is 0 Å². The molecule has 0 aliphatic rings. The van der Waals surface area contributed by atoms with Crippen LogP contribution >= 0.6 is 0 Å². The molecular formula is C19H18N2O3. The van der Waals surface area contributed by atoms with Gasteiger partial charge in [-0.15, -0.1) is 0 Å². The molecule has 0 radical (unpaired) electrons. The SMILES string of the molecule is Cc1ccccc1-c1nc(COc2ccc(C(N)=O)cc2)c(C)o1. The number of nitrogens with zero attached hydrogens (tertiary/aromatic N) is 1. The van der Waals surface area contributed by atoms with Gasteiger partial charge in [0.15, 0.2) is 0 Å². The first kappa shape index (κ1) is 15.8. The molecule has 0 fully saturated rings. The zero-order valence-corrected chi connectivity index (χ0v) is 13.6. The molecule has 1 aromatic heterocycles. The zero-order valence-electron chi connectivity index (χ0n) is 13.6. The third kappa shape index (κ3) is 3.30. The smallest absolute Gasteiger partial charge is 0.248 e. The van der Waals surface area contributed by atoms with Crippen molar-refractivity contribution in [2.24, 2.45) is 5.73 Å². The second kappa shape index (κ2) is 6.58. The minimum absolute atomic E-state index is 0.289. The highest BCUT2D eigenvalue weighted by molar-refractivity contribution is 5.92. The number of amides is 1. The van der Waals surface area contributed by atoms with E-state index < -0.39 is 5.91 Å². The van der Waals surface area contributed by atoms with Crippen LogP contribution in [0.15, 0.2) is 52.9 Å². The zero-order chi connectivity index (χ0) is 17.1. The number of ether oxygens (including phenoxy) is 1. The molecule has 0 bridgehead atoms. The first-order valence-electron chi connectivity index (χ1n) is 7.59. The molecule has 5 heteroatoms. The second-order valence-electron chi connectivity index (χ2n) is 5.51. The molecule has 5 nitrogen and oxygen atoms in total. The highest BCUT2D eigenvalue weighted by atomic mass is 16.5. The Hall–Kier alpha value is -3.08. The Balaban J connectivity index is 1.74. The van der Waals surface area contributed by atoms with E-state index in [9.17, 15) is 4.79 Å². The van der Waals surface area contributed by atoms with Gasteiger partial charge in [-0.2, -0.15) is 0 Å². The summed E-state index contributed by atoms with van der Waals surface area (Å²) in [7, 11) is 0. The van der Waals surface area contributed by atoms with Gasteiger partial charge in [-0.25, -0.2) is 4.98 Å². The van der Waals surface area contributed by atoms with Crippen LogP contribution in [0.5, 0.6) is 5.75 Å². The molecule has 0 atom stereocenters. The van der Waals surface area contributed by atoms with Crippen molar-refractivity contribution in [1.29, 1.82) is 0 Å². The van der Waals surface area contributed by atoms with Gasteiger partial charge in [0.2, 0.25) is 11.8 Å². The molecule has 0 saturated carbocycles. The predicted octanol–water partition coefficient (Wildman–Crippen LogP) is 3.64. The van der Waals surface area contributed by atoms with Crippen molar-refractivity contribution in [2.45, 2.75) is 20.5 Å². The van der Waals surface area contributed by atoms with E-state index in [1.54, 1.807) is 24.3 Å². The van der Waals surface area contributed by atoms with Gasteiger partial charge in [-0.1, -0.05) is 18.2 Å². The summed E-state index contributed by atoms with van der Waals surface area (Å²) in [4.78, 5) is 15.6. The Morgan fingerprint density at radius 2 is 1.83 bits per heavy atom. The second-order valence-corrected chi connectivity index (χ2v) is 5.51. The topological polar surface area (TPSA) is 78.4 Å². The number of oxazole rings is 1. The quantitative estimate of drug-likeness (QED) is 0.778. The maximum atomic E-state index is 11.1. The first-order chi connectivity index (χ1) is 11.5. The van der Waals surface area contributed by atoms with Crippen LogP contribution in [0.2, 0.25) is 0 Å². The van der Waals surface area contributed by atoms with Crippen LogP contribution in [-0.4, -0.2) is 10.9 Å². The average molecular weight is 322 g/mol. The molecule has 1 amide bonds. The standard InChI is InChI=1S/C19H18N2O3/c1-12-5-3-4-6-16(12)19-21-17(13(2)24-19)11-23-15-9-7-14(8-10-15)18(20)22/h3-10H,11H2,1-2H3,(H2,20,22). The van der Waals surface area contributed by atoms with E-state index in [2.05, 4.69) is 4.98 Å². The molecule has 3 rings (SSSR count). The molecule has 0 aliphatic heterocycles. The van der Waals surface area contributed by atoms with E-state index in [1.165, 1.54) is 0 Å². The average Bonchev–Trinajstić information content (AvgIpc) is 2.94. The largest absolute Gasteiger partial charge is 0.487 e. The summed E-state index contributed by atoms with van der Waals surface area (Å²) in [6.07, 6.45) is 0. The number of aryl methyl sites for hydroxylation is 2. The summed E-state index contributed by atoms with van der Waals surface area (Å²) < 4.78 is 11.5. The third-order valence-corrected chi connectivity index (χ3v) is 3.78. The van der Waals surface area contributed by atoms with E-state index >= 15 is 0 Å².